The van der Waals surface area contributed by atoms with E-state index >= 15 is 0 Å². The third kappa shape index (κ3) is 3.15. The second kappa shape index (κ2) is 6.29. The Balaban J connectivity index is 1.84. The molecule has 1 aromatic carbocycles. The van der Waals surface area contributed by atoms with E-state index in [0.29, 0.717) is 11.5 Å². The van der Waals surface area contributed by atoms with Crippen LogP contribution < -0.4 is 0 Å². The number of ether oxygens (including phenoxy) is 1. The van der Waals surface area contributed by atoms with E-state index in [9.17, 15) is 4.79 Å². The molecule has 2 heterocycles. The van der Waals surface area contributed by atoms with Gasteiger partial charge in [0.25, 0.3) is 0 Å². The minimum Gasteiger partial charge on any atom is -0.482 e. The first-order chi connectivity index (χ1) is 11.7. The smallest absolute Gasteiger partial charge is 0.201 e. The molecule has 0 saturated carbocycles. The molecule has 0 N–H and O–H groups in total. The summed E-state index contributed by atoms with van der Waals surface area (Å²) in [6.07, 6.45) is 0.839. The molecule has 0 radical (unpaired) electrons. The molecule has 136 valence electrons. The van der Waals surface area contributed by atoms with Gasteiger partial charge in [-0.1, -0.05) is 51.1 Å². The van der Waals surface area contributed by atoms with Gasteiger partial charge in [-0.2, -0.15) is 0 Å². The Kier molecular flexibility index (Phi) is 4.58. The van der Waals surface area contributed by atoms with Gasteiger partial charge in [0.1, 0.15) is 0 Å². The molecule has 1 aromatic rings. The number of benzene rings is 1. The number of rotatable bonds is 4. The van der Waals surface area contributed by atoms with Gasteiger partial charge in [0.2, 0.25) is 5.88 Å². The molecular formula is C20H29NO3Si. The summed E-state index contributed by atoms with van der Waals surface area (Å²) in [6.45, 7) is 12.0. The maximum Gasteiger partial charge on any atom is 0.201 e. The van der Waals surface area contributed by atoms with Crippen molar-refractivity contribution >= 4 is 19.7 Å². The van der Waals surface area contributed by atoms with Crippen LogP contribution in [-0.2, 0) is 14.0 Å². The molecule has 0 unspecified atom stereocenters. The van der Waals surface area contributed by atoms with Crippen molar-refractivity contribution in [3.63, 3.8) is 0 Å². The molecule has 4 nitrogen and oxygen atoms in total. The van der Waals surface area contributed by atoms with E-state index in [4.69, 9.17) is 9.16 Å². The van der Waals surface area contributed by atoms with E-state index in [1.807, 2.05) is 30.3 Å². The highest BCUT2D eigenvalue weighted by Crippen LogP contribution is 2.42. The zero-order chi connectivity index (χ0) is 18.4. The van der Waals surface area contributed by atoms with Crippen LogP contribution in [0, 0.1) is 0 Å². The summed E-state index contributed by atoms with van der Waals surface area (Å²) in [7, 11) is -0.199. The van der Waals surface area contributed by atoms with Crippen LogP contribution in [0.15, 0.2) is 36.2 Å². The lowest BCUT2D eigenvalue weighted by molar-refractivity contribution is -0.116. The van der Waals surface area contributed by atoms with Gasteiger partial charge in [-0.05, 0) is 23.7 Å². The summed E-state index contributed by atoms with van der Waals surface area (Å²) in [5.41, 5.74) is 1.64. The third-order valence-corrected chi connectivity index (χ3v) is 10.3. The van der Waals surface area contributed by atoms with Crippen LogP contribution in [0.2, 0.25) is 18.1 Å². The lowest BCUT2D eigenvalue weighted by atomic mass is 9.99. The fraction of sp³-hybridized carbons (Fsp3) is 0.550. The van der Waals surface area contributed by atoms with E-state index in [-0.39, 0.29) is 23.0 Å². The summed E-state index contributed by atoms with van der Waals surface area (Å²) >= 11 is 0. The lowest BCUT2D eigenvalue weighted by Gasteiger charge is -2.38. The van der Waals surface area contributed by atoms with Crippen LogP contribution in [0.1, 0.15) is 32.8 Å². The fourth-order valence-electron chi connectivity index (χ4n) is 3.45. The van der Waals surface area contributed by atoms with Crippen LogP contribution in [-0.4, -0.2) is 44.8 Å². The highest BCUT2D eigenvalue weighted by molar-refractivity contribution is 6.74. The Hall–Kier alpha value is -1.59. The Morgan fingerprint density at radius 1 is 1.16 bits per heavy atom. The maximum absolute atomic E-state index is 13.0. The van der Waals surface area contributed by atoms with E-state index in [2.05, 4.69) is 38.8 Å². The number of nitrogens with zero attached hydrogens (tertiary/aromatic N) is 1. The van der Waals surface area contributed by atoms with Gasteiger partial charge in [0.05, 0.1) is 24.8 Å². The van der Waals surface area contributed by atoms with Crippen LogP contribution in [0.3, 0.4) is 0 Å². The van der Waals surface area contributed by atoms with Crippen molar-refractivity contribution < 1.29 is 14.0 Å². The zero-order valence-electron chi connectivity index (χ0n) is 16.1. The zero-order valence-corrected chi connectivity index (χ0v) is 17.1. The Labute approximate surface area is 151 Å². The topological polar surface area (TPSA) is 38.8 Å². The number of hydrogen-bond donors (Lipinski definition) is 0. The van der Waals surface area contributed by atoms with E-state index in [1.54, 1.807) is 7.11 Å². The quantitative estimate of drug-likeness (QED) is 0.760. The van der Waals surface area contributed by atoms with Gasteiger partial charge >= 0.3 is 0 Å². The highest BCUT2D eigenvalue weighted by atomic mass is 28.4. The average molecular weight is 360 g/mol. The maximum atomic E-state index is 13.0. The first kappa shape index (κ1) is 18.2. The minimum absolute atomic E-state index is 0.0947. The predicted octanol–water partition coefficient (Wildman–Crippen LogP) is 4.05. The van der Waals surface area contributed by atoms with E-state index in [0.717, 1.165) is 18.5 Å². The first-order valence-corrected chi connectivity index (χ1v) is 11.9. The number of carbonyl (C=O) groups is 1. The molecule has 25 heavy (non-hydrogen) atoms. The number of fused-ring (bicyclic) bond motifs is 1. The molecule has 0 bridgehead atoms. The fourth-order valence-corrected chi connectivity index (χ4v) is 4.81. The number of hydrogen-bond acceptors (Lipinski definition) is 4. The van der Waals surface area contributed by atoms with Gasteiger partial charge in [-0.25, -0.2) is 0 Å². The predicted molar refractivity (Wildman–Crippen MR) is 103 cm³/mol. The molecule has 5 heteroatoms. The third-order valence-electron chi connectivity index (χ3n) is 5.81. The van der Waals surface area contributed by atoms with Crippen molar-refractivity contribution in [1.82, 2.24) is 4.90 Å². The van der Waals surface area contributed by atoms with E-state index in [1.165, 1.54) is 0 Å². The molecule has 3 rings (SSSR count). The summed E-state index contributed by atoms with van der Waals surface area (Å²) in [5, 5.41) is 0.166. The Morgan fingerprint density at radius 3 is 2.36 bits per heavy atom. The normalized spacial score (nSPS) is 24.1. The van der Waals surface area contributed by atoms with Crippen molar-refractivity contribution in [2.24, 2.45) is 0 Å². The van der Waals surface area contributed by atoms with Gasteiger partial charge in [0, 0.05) is 13.0 Å². The van der Waals surface area contributed by atoms with Crippen LogP contribution >= 0.6 is 0 Å². The summed E-state index contributed by atoms with van der Waals surface area (Å²) in [5.74, 6) is 0.854. The Bertz CT molecular complexity index is 691. The van der Waals surface area contributed by atoms with Crippen LogP contribution in [0.5, 0.6) is 0 Å². The van der Waals surface area contributed by atoms with Gasteiger partial charge < -0.3 is 14.1 Å². The molecule has 0 spiro atoms. The van der Waals surface area contributed by atoms with E-state index < -0.39 is 8.32 Å². The molecule has 0 aliphatic carbocycles. The van der Waals surface area contributed by atoms with Crippen molar-refractivity contribution in [3.05, 3.63) is 41.8 Å². The largest absolute Gasteiger partial charge is 0.482 e. The monoisotopic (exact) mass is 359 g/mol. The summed E-state index contributed by atoms with van der Waals surface area (Å²) < 4.78 is 12.2. The lowest BCUT2D eigenvalue weighted by Crippen LogP contribution is -2.44. The van der Waals surface area contributed by atoms with Crippen molar-refractivity contribution in [2.75, 3.05) is 13.7 Å². The molecule has 1 saturated heterocycles. The summed E-state index contributed by atoms with van der Waals surface area (Å²) in [4.78, 5) is 15.1. The van der Waals surface area contributed by atoms with Crippen LogP contribution in [0.25, 0.3) is 5.57 Å². The van der Waals surface area contributed by atoms with Crippen LogP contribution in [0.4, 0.5) is 0 Å². The number of Topliss-reactive ketones (excluding diaryl/α,β-unsaturated/α-hetero) is 1. The van der Waals surface area contributed by atoms with Crippen molar-refractivity contribution in [1.29, 1.82) is 0 Å². The molecule has 2 atom stereocenters. The number of methoxy groups -OCH3 is 1. The SMILES string of the molecule is COC1=C(c2ccccc2)C(=O)[C@H]2C[C@@H](O[Si](C)(C)C(C)(C)C)CN12. The van der Waals surface area contributed by atoms with Gasteiger partial charge in [-0.3, -0.25) is 4.79 Å². The van der Waals surface area contributed by atoms with Gasteiger partial charge in [-0.15, -0.1) is 0 Å². The molecule has 2 aliphatic heterocycles. The standard InChI is InChI=1S/C20H29NO3Si/c1-20(2,3)25(5,6)24-15-12-16-18(22)17(14-10-8-7-9-11-14)19(23-4)21(16)13-15/h7-11,15-16H,12-13H2,1-6H3/t15-,16-/m1/s1. The van der Waals surface area contributed by atoms with Crippen molar-refractivity contribution in [2.45, 2.75) is 57.5 Å². The number of carbonyl (C=O) groups excluding carboxylic acids is 1. The molecule has 0 aromatic heterocycles. The second-order valence-electron chi connectivity index (χ2n) is 8.52. The molecular weight excluding hydrogens is 330 g/mol. The number of ketones is 1. The van der Waals surface area contributed by atoms with Gasteiger partial charge in [0.15, 0.2) is 14.1 Å². The van der Waals surface area contributed by atoms with Crippen molar-refractivity contribution in [3.8, 4) is 0 Å². The second-order valence-corrected chi connectivity index (χ2v) is 13.3. The molecule has 1 fully saturated rings. The average Bonchev–Trinajstić information content (AvgIpc) is 3.04. The molecule has 2 aliphatic rings. The highest BCUT2D eigenvalue weighted by Gasteiger charge is 2.49. The Morgan fingerprint density at radius 2 is 1.80 bits per heavy atom. The first-order valence-electron chi connectivity index (χ1n) is 8.98. The summed E-state index contributed by atoms with van der Waals surface area (Å²) in [6, 6.07) is 9.65. The minimum atomic E-state index is -1.85. The molecule has 0 amide bonds.